The van der Waals surface area contributed by atoms with E-state index in [1.807, 2.05) is 29.9 Å². The molecule has 0 unspecified atom stereocenters. The highest BCUT2D eigenvalue weighted by Gasteiger charge is 2.03. The van der Waals surface area contributed by atoms with Crippen molar-refractivity contribution < 1.29 is 9.90 Å². The third kappa shape index (κ3) is 2.72. The van der Waals surface area contributed by atoms with Crippen LogP contribution in [0.3, 0.4) is 0 Å². The van der Waals surface area contributed by atoms with Gasteiger partial charge in [0, 0.05) is 25.9 Å². The average molecular weight is 230 g/mol. The van der Waals surface area contributed by atoms with Crippen LogP contribution in [0, 0.1) is 0 Å². The van der Waals surface area contributed by atoms with E-state index in [9.17, 15) is 4.79 Å². The smallest absolute Gasteiger partial charge is 0.335 e. The van der Waals surface area contributed by atoms with Crippen molar-refractivity contribution in [2.24, 2.45) is 7.05 Å². The Morgan fingerprint density at radius 1 is 1.29 bits per heavy atom. The van der Waals surface area contributed by atoms with Gasteiger partial charge >= 0.3 is 5.97 Å². The lowest BCUT2D eigenvalue weighted by molar-refractivity contribution is 0.0697. The van der Waals surface area contributed by atoms with Crippen LogP contribution in [0.5, 0.6) is 0 Å². The number of aromatic nitrogens is 2. The third-order valence-corrected chi connectivity index (χ3v) is 2.76. The number of hydrogen-bond donors (Lipinski definition) is 1. The molecule has 2 rings (SSSR count). The molecule has 4 nitrogen and oxygen atoms in total. The van der Waals surface area contributed by atoms with Crippen molar-refractivity contribution in [3.8, 4) is 0 Å². The van der Waals surface area contributed by atoms with Gasteiger partial charge in [-0.05, 0) is 24.1 Å². The predicted octanol–water partition coefficient (Wildman–Crippen LogP) is 1.90. The van der Waals surface area contributed by atoms with Gasteiger partial charge in [0.25, 0.3) is 0 Å². The molecule has 0 saturated heterocycles. The van der Waals surface area contributed by atoms with Crippen molar-refractivity contribution in [1.29, 1.82) is 0 Å². The fourth-order valence-electron chi connectivity index (χ4n) is 1.71. The van der Waals surface area contributed by atoms with Crippen molar-refractivity contribution in [3.63, 3.8) is 0 Å². The number of hydrogen-bond acceptors (Lipinski definition) is 2. The minimum absolute atomic E-state index is 0.325. The number of aromatic carboxylic acids is 1. The molecular formula is C13H14N2O2. The largest absolute Gasteiger partial charge is 0.478 e. The Balaban J connectivity index is 2.00. The van der Waals surface area contributed by atoms with E-state index in [1.54, 1.807) is 18.3 Å². The maximum Gasteiger partial charge on any atom is 0.335 e. The number of carboxylic acids is 1. The zero-order valence-corrected chi connectivity index (χ0v) is 9.63. The highest BCUT2D eigenvalue weighted by atomic mass is 16.4. The first-order chi connectivity index (χ1) is 8.16. The van der Waals surface area contributed by atoms with Gasteiger partial charge in [-0.1, -0.05) is 12.1 Å². The summed E-state index contributed by atoms with van der Waals surface area (Å²) in [6.07, 6.45) is 5.42. The summed E-state index contributed by atoms with van der Waals surface area (Å²) in [4.78, 5) is 14.9. The van der Waals surface area contributed by atoms with Crippen LogP contribution in [0.2, 0.25) is 0 Å². The zero-order valence-electron chi connectivity index (χ0n) is 9.63. The van der Waals surface area contributed by atoms with Gasteiger partial charge in [0.05, 0.1) is 5.56 Å². The van der Waals surface area contributed by atoms with Crippen molar-refractivity contribution >= 4 is 5.97 Å². The first-order valence-electron chi connectivity index (χ1n) is 5.45. The molecule has 17 heavy (non-hydrogen) atoms. The Hall–Kier alpha value is -2.10. The quantitative estimate of drug-likeness (QED) is 0.872. The standard InChI is InChI=1S/C13H14N2O2/c1-15-9-8-14-12(15)7-4-10-2-5-11(6-3-10)13(16)17/h2-3,5-6,8-9H,4,7H2,1H3,(H,16,17). The second-order valence-corrected chi connectivity index (χ2v) is 3.96. The van der Waals surface area contributed by atoms with Gasteiger partial charge in [-0.25, -0.2) is 9.78 Å². The predicted molar refractivity (Wildman–Crippen MR) is 64.0 cm³/mol. The second-order valence-electron chi connectivity index (χ2n) is 3.96. The van der Waals surface area contributed by atoms with Crippen LogP contribution >= 0.6 is 0 Å². The first-order valence-corrected chi connectivity index (χ1v) is 5.45. The second kappa shape index (κ2) is 4.82. The van der Waals surface area contributed by atoms with Crippen molar-refractivity contribution in [1.82, 2.24) is 9.55 Å². The Morgan fingerprint density at radius 2 is 2.00 bits per heavy atom. The number of imidazole rings is 1. The molecule has 1 N–H and O–H groups in total. The number of nitrogens with zero attached hydrogens (tertiary/aromatic N) is 2. The summed E-state index contributed by atoms with van der Waals surface area (Å²) in [7, 11) is 1.97. The molecule has 0 fully saturated rings. The molecule has 1 aromatic heterocycles. The van der Waals surface area contributed by atoms with Crippen LogP contribution in [0.25, 0.3) is 0 Å². The molecule has 0 spiro atoms. The maximum absolute atomic E-state index is 10.7. The fraction of sp³-hybridized carbons (Fsp3) is 0.231. The van der Waals surface area contributed by atoms with E-state index < -0.39 is 5.97 Å². The van der Waals surface area contributed by atoms with E-state index in [0.717, 1.165) is 24.2 Å². The van der Waals surface area contributed by atoms with Crippen LogP contribution in [0.4, 0.5) is 0 Å². The van der Waals surface area contributed by atoms with E-state index in [-0.39, 0.29) is 0 Å². The van der Waals surface area contributed by atoms with Gasteiger partial charge in [0.2, 0.25) is 0 Å². The van der Waals surface area contributed by atoms with E-state index in [1.165, 1.54) is 0 Å². The SMILES string of the molecule is Cn1ccnc1CCc1ccc(C(=O)O)cc1. The van der Waals surface area contributed by atoms with E-state index in [2.05, 4.69) is 4.98 Å². The molecule has 2 aromatic rings. The Morgan fingerprint density at radius 3 is 2.53 bits per heavy atom. The Kier molecular flexibility index (Phi) is 3.23. The van der Waals surface area contributed by atoms with Gasteiger partial charge in [0.15, 0.2) is 0 Å². The Labute approximate surface area is 99.5 Å². The van der Waals surface area contributed by atoms with Crippen LogP contribution < -0.4 is 0 Å². The minimum atomic E-state index is -0.888. The molecule has 0 aliphatic rings. The molecule has 88 valence electrons. The molecule has 0 atom stereocenters. The number of carbonyl (C=O) groups is 1. The highest BCUT2D eigenvalue weighted by Crippen LogP contribution is 2.08. The van der Waals surface area contributed by atoms with Gasteiger partial charge in [-0.15, -0.1) is 0 Å². The number of carboxylic acid groups (broad SMARTS) is 1. The lowest BCUT2D eigenvalue weighted by Crippen LogP contribution is -2.00. The average Bonchev–Trinajstić information content (AvgIpc) is 2.73. The number of benzene rings is 1. The monoisotopic (exact) mass is 230 g/mol. The summed E-state index contributed by atoms with van der Waals surface area (Å²) < 4.78 is 1.99. The van der Waals surface area contributed by atoms with Gasteiger partial charge in [-0.3, -0.25) is 0 Å². The normalized spacial score (nSPS) is 10.4. The fourth-order valence-corrected chi connectivity index (χ4v) is 1.71. The summed E-state index contributed by atoms with van der Waals surface area (Å²) >= 11 is 0. The van der Waals surface area contributed by atoms with E-state index in [0.29, 0.717) is 5.56 Å². The topological polar surface area (TPSA) is 55.1 Å². The molecule has 0 bridgehead atoms. The van der Waals surface area contributed by atoms with Crippen LogP contribution in [0.15, 0.2) is 36.7 Å². The molecular weight excluding hydrogens is 216 g/mol. The van der Waals surface area contributed by atoms with Crippen molar-refractivity contribution in [3.05, 3.63) is 53.6 Å². The summed E-state index contributed by atoms with van der Waals surface area (Å²) in [5.41, 5.74) is 1.45. The van der Waals surface area contributed by atoms with Crippen LogP contribution in [-0.2, 0) is 19.9 Å². The summed E-state index contributed by atoms with van der Waals surface area (Å²) in [6.45, 7) is 0. The van der Waals surface area contributed by atoms with Crippen molar-refractivity contribution in [2.45, 2.75) is 12.8 Å². The third-order valence-electron chi connectivity index (χ3n) is 2.76. The van der Waals surface area contributed by atoms with Crippen LogP contribution in [0.1, 0.15) is 21.7 Å². The molecule has 1 heterocycles. The summed E-state index contributed by atoms with van der Waals surface area (Å²) in [5.74, 6) is 0.146. The van der Waals surface area contributed by atoms with E-state index >= 15 is 0 Å². The summed E-state index contributed by atoms with van der Waals surface area (Å²) in [5, 5.41) is 8.78. The molecule has 0 saturated carbocycles. The number of aryl methyl sites for hydroxylation is 3. The zero-order chi connectivity index (χ0) is 12.3. The highest BCUT2D eigenvalue weighted by molar-refractivity contribution is 5.87. The van der Waals surface area contributed by atoms with Gasteiger partial charge < -0.3 is 9.67 Å². The van der Waals surface area contributed by atoms with E-state index in [4.69, 9.17) is 5.11 Å². The lowest BCUT2D eigenvalue weighted by Gasteiger charge is -2.03. The first kappa shape index (κ1) is 11.4. The number of rotatable bonds is 4. The molecule has 0 aliphatic heterocycles. The molecule has 1 aromatic carbocycles. The molecule has 0 radical (unpaired) electrons. The molecule has 4 heteroatoms. The van der Waals surface area contributed by atoms with Crippen LogP contribution in [-0.4, -0.2) is 20.6 Å². The molecule has 0 aliphatic carbocycles. The minimum Gasteiger partial charge on any atom is -0.478 e. The Bertz CT molecular complexity index is 514. The van der Waals surface area contributed by atoms with Crippen molar-refractivity contribution in [2.75, 3.05) is 0 Å². The summed E-state index contributed by atoms with van der Waals surface area (Å²) in [6, 6.07) is 6.98. The lowest BCUT2D eigenvalue weighted by atomic mass is 10.1. The van der Waals surface area contributed by atoms with Gasteiger partial charge in [-0.2, -0.15) is 0 Å². The maximum atomic E-state index is 10.7. The van der Waals surface area contributed by atoms with Gasteiger partial charge in [0.1, 0.15) is 5.82 Å². The molecule has 0 amide bonds.